The van der Waals surface area contributed by atoms with Gasteiger partial charge in [-0.1, -0.05) is 12.1 Å². The Kier molecular flexibility index (Phi) is 1.59. The monoisotopic (exact) mass is 162 g/mol. The summed E-state index contributed by atoms with van der Waals surface area (Å²) >= 11 is 0. The van der Waals surface area contributed by atoms with Crippen molar-refractivity contribution < 1.29 is 4.79 Å². The first-order chi connectivity index (χ1) is 5.83. The maximum Gasteiger partial charge on any atom is 0.141 e. The highest BCUT2D eigenvalue weighted by atomic mass is 16.1. The van der Waals surface area contributed by atoms with Gasteiger partial charge in [-0.25, -0.2) is 0 Å². The molecule has 3 nitrogen and oxygen atoms in total. The minimum atomic E-state index is -0.207. The van der Waals surface area contributed by atoms with Gasteiger partial charge in [0.1, 0.15) is 6.29 Å². The number of aldehydes is 1. The van der Waals surface area contributed by atoms with Crippen molar-refractivity contribution in [3.63, 3.8) is 0 Å². The number of rotatable bonds is 1. The molecule has 0 aromatic heterocycles. The van der Waals surface area contributed by atoms with E-state index in [1.54, 1.807) is 0 Å². The highest BCUT2D eigenvalue weighted by molar-refractivity contribution is 5.70. The molecule has 3 heteroatoms. The molecule has 1 atom stereocenters. The van der Waals surface area contributed by atoms with Crippen LogP contribution in [0.15, 0.2) is 18.2 Å². The summed E-state index contributed by atoms with van der Waals surface area (Å²) in [6.45, 7) is 0.740. The molecule has 12 heavy (non-hydrogen) atoms. The summed E-state index contributed by atoms with van der Waals surface area (Å²) in [5, 5.41) is 3.06. The Morgan fingerprint density at radius 3 is 3.17 bits per heavy atom. The number of carbonyl (C=O) groups excluding carboxylic acids is 1. The molecule has 1 aromatic rings. The summed E-state index contributed by atoms with van der Waals surface area (Å²) in [4.78, 5) is 10.6. The van der Waals surface area contributed by atoms with Crippen LogP contribution in [-0.2, 0) is 11.3 Å². The molecule has 2 rings (SSSR count). The van der Waals surface area contributed by atoms with Crippen LogP contribution in [0.25, 0.3) is 0 Å². The molecule has 0 saturated carbocycles. The fourth-order valence-corrected chi connectivity index (χ4v) is 1.60. The second kappa shape index (κ2) is 2.60. The Morgan fingerprint density at radius 2 is 2.42 bits per heavy atom. The van der Waals surface area contributed by atoms with Gasteiger partial charge in [0.2, 0.25) is 0 Å². The predicted molar refractivity (Wildman–Crippen MR) is 46.5 cm³/mol. The number of nitrogens with one attached hydrogen (secondary N) is 1. The molecule has 0 saturated heterocycles. The lowest BCUT2D eigenvalue weighted by Crippen LogP contribution is -2.13. The molecule has 1 aliphatic rings. The zero-order valence-corrected chi connectivity index (χ0v) is 6.58. The van der Waals surface area contributed by atoms with E-state index in [0.29, 0.717) is 5.69 Å². The Hall–Kier alpha value is -1.35. The number of carbonyl (C=O) groups is 1. The van der Waals surface area contributed by atoms with E-state index >= 15 is 0 Å². The molecule has 0 amide bonds. The first-order valence-electron chi connectivity index (χ1n) is 3.89. The van der Waals surface area contributed by atoms with Crippen LogP contribution in [0.2, 0.25) is 0 Å². The van der Waals surface area contributed by atoms with Crippen LogP contribution in [0.3, 0.4) is 0 Å². The lowest BCUT2D eigenvalue weighted by atomic mass is 10.0. The van der Waals surface area contributed by atoms with E-state index in [-0.39, 0.29) is 6.04 Å². The van der Waals surface area contributed by atoms with Crippen molar-refractivity contribution in [2.45, 2.75) is 12.6 Å². The number of hydrogen-bond acceptors (Lipinski definition) is 3. The highest BCUT2D eigenvalue weighted by Gasteiger charge is 2.22. The quantitative estimate of drug-likeness (QED) is 0.470. The van der Waals surface area contributed by atoms with Crippen LogP contribution in [0.1, 0.15) is 17.2 Å². The average Bonchev–Trinajstić information content (AvgIpc) is 2.49. The lowest BCUT2D eigenvalue weighted by Gasteiger charge is -2.05. The molecule has 1 unspecified atom stereocenters. The zero-order valence-electron chi connectivity index (χ0n) is 6.58. The van der Waals surface area contributed by atoms with Crippen molar-refractivity contribution >= 4 is 12.0 Å². The number of nitrogens with two attached hydrogens (primary N) is 1. The third-order valence-electron chi connectivity index (χ3n) is 2.19. The van der Waals surface area contributed by atoms with E-state index in [9.17, 15) is 4.79 Å². The van der Waals surface area contributed by atoms with E-state index < -0.39 is 0 Å². The summed E-state index contributed by atoms with van der Waals surface area (Å²) < 4.78 is 0. The van der Waals surface area contributed by atoms with Gasteiger partial charge in [-0.05, 0) is 11.6 Å². The highest BCUT2D eigenvalue weighted by Crippen LogP contribution is 2.28. The van der Waals surface area contributed by atoms with Crippen molar-refractivity contribution in [1.29, 1.82) is 0 Å². The summed E-state index contributed by atoms with van der Waals surface area (Å²) in [6.07, 6.45) is 0.891. The fraction of sp³-hybridized carbons (Fsp3) is 0.222. The Morgan fingerprint density at radius 1 is 1.58 bits per heavy atom. The van der Waals surface area contributed by atoms with Crippen molar-refractivity contribution in [2.75, 3.05) is 5.73 Å². The van der Waals surface area contributed by atoms with E-state index in [1.807, 2.05) is 18.2 Å². The number of nitrogen functional groups attached to an aromatic ring is 1. The van der Waals surface area contributed by atoms with Crippen LogP contribution in [-0.4, -0.2) is 6.29 Å². The minimum Gasteiger partial charge on any atom is -0.398 e. The number of benzene rings is 1. The lowest BCUT2D eigenvalue weighted by molar-refractivity contribution is -0.109. The molecule has 0 aliphatic carbocycles. The minimum absolute atomic E-state index is 0.207. The molecule has 1 heterocycles. The summed E-state index contributed by atoms with van der Waals surface area (Å²) in [7, 11) is 0. The number of hydrogen-bond donors (Lipinski definition) is 2. The van der Waals surface area contributed by atoms with Crippen LogP contribution in [0.4, 0.5) is 5.69 Å². The average molecular weight is 162 g/mol. The van der Waals surface area contributed by atoms with Crippen LogP contribution in [0, 0.1) is 0 Å². The van der Waals surface area contributed by atoms with Gasteiger partial charge in [-0.2, -0.15) is 0 Å². The van der Waals surface area contributed by atoms with Gasteiger partial charge in [0.25, 0.3) is 0 Å². The van der Waals surface area contributed by atoms with E-state index in [1.165, 1.54) is 0 Å². The van der Waals surface area contributed by atoms with Crippen molar-refractivity contribution in [1.82, 2.24) is 5.32 Å². The van der Waals surface area contributed by atoms with Gasteiger partial charge in [0, 0.05) is 17.8 Å². The van der Waals surface area contributed by atoms with Gasteiger partial charge in [0.05, 0.1) is 6.04 Å². The largest absolute Gasteiger partial charge is 0.398 e. The Labute approximate surface area is 70.6 Å². The topological polar surface area (TPSA) is 55.1 Å². The fourth-order valence-electron chi connectivity index (χ4n) is 1.60. The van der Waals surface area contributed by atoms with Crippen LogP contribution < -0.4 is 11.1 Å². The van der Waals surface area contributed by atoms with Gasteiger partial charge in [-0.15, -0.1) is 0 Å². The SMILES string of the molecule is Nc1cccc2c1C(C=O)NC2. The van der Waals surface area contributed by atoms with E-state index in [0.717, 1.165) is 24.0 Å². The molecule has 0 radical (unpaired) electrons. The maximum atomic E-state index is 10.6. The standard InChI is InChI=1S/C9H10N2O/c10-7-3-1-2-6-4-11-8(5-12)9(6)7/h1-3,5,8,11H,4,10H2. The number of fused-ring (bicyclic) bond motifs is 1. The Bertz CT molecular complexity index is 322. The second-order valence-corrected chi connectivity index (χ2v) is 2.91. The molecule has 0 spiro atoms. The predicted octanol–water partition coefficient (Wildman–Crippen LogP) is 0.612. The summed E-state index contributed by atoms with van der Waals surface area (Å²) in [5.41, 5.74) is 8.53. The summed E-state index contributed by atoms with van der Waals surface area (Å²) in [5.74, 6) is 0. The van der Waals surface area contributed by atoms with Crippen LogP contribution in [0.5, 0.6) is 0 Å². The summed E-state index contributed by atoms with van der Waals surface area (Å²) in [6, 6.07) is 5.51. The normalized spacial score (nSPS) is 20.5. The first kappa shape index (κ1) is 7.31. The Balaban J connectivity index is 2.55. The van der Waals surface area contributed by atoms with Gasteiger partial charge in [0.15, 0.2) is 0 Å². The second-order valence-electron chi connectivity index (χ2n) is 2.91. The molecular formula is C9H10N2O. The van der Waals surface area contributed by atoms with Crippen molar-refractivity contribution in [3.8, 4) is 0 Å². The molecule has 1 aliphatic heterocycles. The molecule has 62 valence electrons. The third kappa shape index (κ3) is 0.905. The van der Waals surface area contributed by atoms with Gasteiger partial charge < -0.3 is 10.5 Å². The van der Waals surface area contributed by atoms with Crippen LogP contribution >= 0.6 is 0 Å². The molecule has 0 fully saturated rings. The zero-order chi connectivity index (χ0) is 8.55. The molecule has 3 N–H and O–H groups in total. The van der Waals surface area contributed by atoms with Gasteiger partial charge >= 0.3 is 0 Å². The van der Waals surface area contributed by atoms with Gasteiger partial charge in [-0.3, -0.25) is 5.32 Å². The molecule has 0 bridgehead atoms. The molecule has 1 aromatic carbocycles. The first-order valence-corrected chi connectivity index (χ1v) is 3.89. The van der Waals surface area contributed by atoms with Crippen molar-refractivity contribution in [3.05, 3.63) is 29.3 Å². The van der Waals surface area contributed by atoms with E-state index in [4.69, 9.17) is 5.73 Å². The number of anilines is 1. The third-order valence-corrected chi connectivity index (χ3v) is 2.19. The maximum absolute atomic E-state index is 10.6. The van der Waals surface area contributed by atoms with E-state index in [2.05, 4.69) is 5.32 Å². The smallest absolute Gasteiger partial charge is 0.141 e. The molecular weight excluding hydrogens is 152 g/mol. The van der Waals surface area contributed by atoms with Crippen molar-refractivity contribution in [2.24, 2.45) is 0 Å².